The summed E-state index contributed by atoms with van der Waals surface area (Å²) in [5.41, 5.74) is 0.882. The Balaban J connectivity index is 1.65. The molecule has 2 aromatic carbocycles. The van der Waals surface area contributed by atoms with Crippen LogP contribution in [-0.4, -0.2) is 17.0 Å². The number of hydrogen-bond acceptors (Lipinski definition) is 2. The first-order chi connectivity index (χ1) is 14.3. The van der Waals surface area contributed by atoms with E-state index < -0.39 is 23.2 Å². The number of carbonyl (C=O) groups excluding carboxylic acids is 1. The van der Waals surface area contributed by atoms with E-state index in [0.717, 1.165) is 36.2 Å². The third-order valence-electron chi connectivity index (χ3n) is 5.21. The van der Waals surface area contributed by atoms with E-state index in [1.807, 2.05) is 24.3 Å². The molecule has 0 unspecified atom stereocenters. The van der Waals surface area contributed by atoms with Gasteiger partial charge in [0.25, 0.3) is 11.5 Å². The minimum atomic E-state index is -4.46. The predicted octanol–water partition coefficient (Wildman–Crippen LogP) is 4.51. The molecule has 0 fully saturated rings. The van der Waals surface area contributed by atoms with Crippen molar-refractivity contribution < 1.29 is 18.0 Å². The highest BCUT2D eigenvalue weighted by molar-refractivity contribution is 6.06. The van der Waals surface area contributed by atoms with Gasteiger partial charge in [0.05, 0.1) is 12.1 Å². The van der Waals surface area contributed by atoms with Crippen LogP contribution in [0.5, 0.6) is 0 Å². The molecular formula is C23H19F3N2O2. The van der Waals surface area contributed by atoms with Crippen LogP contribution in [0.3, 0.4) is 0 Å². The summed E-state index contributed by atoms with van der Waals surface area (Å²) in [6.45, 7) is 0.457. The van der Waals surface area contributed by atoms with Gasteiger partial charge >= 0.3 is 6.18 Å². The molecule has 1 aliphatic rings. The number of alkyl halides is 3. The molecule has 7 heteroatoms. The average molecular weight is 412 g/mol. The second kappa shape index (κ2) is 7.82. The summed E-state index contributed by atoms with van der Waals surface area (Å²) in [4.78, 5) is 27.7. The number of nitrogens with zero attached hydrogens (tertiary/aromatic N) is 2. The van der Waals surface area contributed by atoms with Crippen LogP contribution in [0.4, 0.5) is 18.9 Å². The van der Waals surface area contributed by atoms with Gasteiger partial charge in [-0.05, 0) is 54.3 Å². The summed E-state index contributed by atoms with van der Waals surface area (Å²) in [7, 11) is 0. The Morgan fingerprint density at radius 3 is 2.60 bits per heavy atom. The van der Waals surface area contributed by atoms with E-state index in [9.17, 15) is 22.8 Å². The molecule has 0 aliphatic carbocycles. The number of para-hydroxylation sites is 1. The van der Waals surface area contributed by atoms with Crippen molar-refractivity contribution in [1.29, 1.82) is 0 Å². The fourth-order valence-corrected chi connectivity index (χ4v) is 3.76. The van der Waals surface area contributed by atoms with Crippen LogP contribution >= 0.6 is 0 Å². The first-order valence-electron chi connectivity index (χ1n) is 9.60. The SMILES string of the molecule is O=C(c1cccn(Cc2cccc(C(F)(F)F)c2)c1=O)N1CCCc2ccccc21. The number of hydrogen-bond donors (Lipinski definition) is 0. The molecule has 30 heavy (non-hydrogen) atoms. The first kappa shape index (κ1) is 19.9. The average Bonchev–Trinajstić information content (AvgIpc) is 2.74. The number of aromatic nitrogens is 1. The van der Waals surface area contributed by atoms with E-state index >= 15 is 0 Å². The molecule has 4 nitrogen and oxygen atoms in total. The summed E-state index contributed by atoms with van der Waals surface area (Å²) in [5, 5.41) is 0. The van der Waals surface area contributed by atoms with Gasteiger partial charge in [0.15, 0.2) is 0 Å². The lowest BCUT2D eigenvalue weighted by Crippen LogP contribution is -2.39. The van der Waals surface area contributed by atoms with Gasteiger partial charge in [-0.1, -0.05) is 30.3 Å². The van der Waals surface area contributed by atoms with Crippen LogP contribution in [0.2, 0.25) is 0 Å². The van der Waals surface area contributed by atoms with Crippen LogP contribution in [0.15, 0.2) is 71.7 Å². The minimum absolute atomic E-state index is 0.00109. The maximum Gasteiger partial charge on any atom is 0.416 e. The van der Waals surface area contributed by atoms with Crippen LogP contribution < -0.4 is 10.5 Å². The van der Waals surface area contributed by atoms with E-state index in [4.69, 9.17) is 0 Å². The predicted molar refractivity (Wildman–Crippen MR) is 108 cm³/mol. The molecule has 3 aromatic rings. The third-order valence-corrected chi connectivity index (χ3v) is 5.21. The number of aryl methyl sites for hydroxylation is 1. The van der Waals surface area contributed by atoms with E-state index in [2.05, 4.69) is 0 Å². The Kier molecular flexibility index (Phi) is 5.20. The van der Waals surface area contributed by atoms with Crippen LogP contribution in [0, 0.1) is 0 Å². The zero-order chi connectivity index (χ0) is 21.3. The monoisotopic (exact) mass is 412 g/mol. The molecule has 0 saturated carbocycles. The number of fused-ring (bicyclic) bond motifs is 1. The van der Waals surface area contributed by atoms with Gasteiger partial charge in [-0.3, -0.25) is 9.59 Å². The minimum Gasteiger partial charge on any atom is -0.310 e. The van der Waals surface area contributed by atoms with Crippen molar-refractivity contribution in [3.8, 4) is 0 Å². The Hall–Kier alpha value is -3.35. The Labute approximate surface area is 171 Å². The summed E-state index contributed by atoms with van der Waals surface area (Å²) in [6.07, 6.45) is -1.31. The largest absolute Gasteiger partial charge is 0.416 e. The lowest BCUT2D eigenvalue weighted by Gasteiger charge is -2.29. The zero-order valence-corrected chi connectivity index (χ0v) is 16.0. The van der Waals surface area contributed by atoms with Crippen molar-refractivity contribution in [3.63, 3.8) is 0 Å². The van der Waals surface area contributed by atoms with Crippen molar-refractivity contribution in [2.45, 2.75) is 25.6 Å². The normalized spacial score (nSPS) is 13.8. The number of amides is 1. The van der Waals surface area contributed by atoms with Gasteiger partial charge in [-0.25, -0.2) is 0 Å². The molecular weight excluding hydrogens is 393 g/mol. The van der Waals surface area contributed by atoms with Crippen molar-refractivity contribution in [2.24, 2.45) is 0 Å². The lowest BCUT2D eigenvalue weighted by molar-refractivity contribution is -0.137. The van der Waals surface area contributed by atoms with Crippen LogP contribution in [-0.2, 0) is 19.1 Å². The molecule has 0 N–H and O–H groups in total. The molecule has 154 valence electrons. The van der Waals surface area contributed by atoms with Crippen molar-refractivity contribution >= 4 is 11.6 Å². The first-order valence-corrected chi connectivity index (χ1v) is 9.60. The molecule has 0 spiro atoms. The molecule has 0 radical (unpaired) electrons. The maximum absolute atomic E-state index is 13.1. The smallest absolute Gasteiger partial charge is 0.310 e. The summed E-state index contributed by atoms with van der Waals surface area (Å²) < 4.78 is 40.2. The molecule has 0 bridgehead atoms. The number of carbonyl (C=O) groups is 1. The zero-order valence-electron chi connectivity index (χ0n) is 16.0. The topological polar surface area (TPSA) is 42.3 Å². The fraction of sp³-hybridized carbons (Fsp3) is 0.217. The molecule has 4 rings (SSSR count). The summed E-state index contributed by atoms with van der Waals surface area (Å²) in [5.74, 6) is -0.398. The number of anilines is 1. The summed E-state index contributed by atoms with van der Waals surface area (Å²) >= 11 is 0. The van der Waals surface area contributed by atoms with Gasteiger partial charge in [-0.15, -0.1) is 0 Å². The Morgan fingerprint density at radius 1 is 1.00 bits per heavy atom. The van der Waals surface area contributed by atoms with Gasteiger partial charge in [0.1, 0.15) is 5.56 Å². The molecule has 0 atom stereocenters. The van der Waals surface area contributed by atoms with Gasteiger partial charge in [0, 0.05) is 18.4 Å². The Bertz CT molecular complexity index is 1150. The quantitative estimate of drug-likeness (QED) is 0.635. The maximum atomic E-state index is 13.1. The number of rotatable bonds is 3. The van der Waals surface area contributed by atoms with E-state index in [1.54, 1.807) is 11.0 Å². The highest BCUT2D eigenvalue weighted by Crippen LogP contribution is 2.30. The molecule has 2 heterocycles. The van der Waals surface area contributed by atoms with Gasteiger partial charge < -0.3 is 9.47 Å². The van der Waals surface area contributed by atoms with E-state index in [0.29, 0.717) is 12.1 Å². The standard InChI is InChI=1S/C23H19F3N2O2/c24-23(25,26)18-9-3-6-16(14-18)15-27-12-5-10-19(21(27)29)22(30)28-13-4-8-17-7-1-2-11-20(17)28/h1-3,5-7,9-12,14H,4,8,13,15H2. The molecule has 1 aliphatic heterocycles. The molecule has 1 amide bonds. The van der Waals surface area contributed by atoms with Gasteiger partial charge in [0.2, 0.25) is 0 Å². The van der Waals surface area contributed by atoms with E-state index in [-0.39, 0.29) is 12.1 Å². The third kappa shape index (κ3) is 3.87. The highest BCUT2D eigenvalue weighted by atomic mass is 19.4. The van der Waals surface area contributed by atoms with Gasteiger partial charge in [-0.2, -0.15) is 13.2 Å². The van der Waals surface area contributed by atoms with E-state index in [1.165, 1.54) is 29.0 Å². The molecule has 0 saturated heterocycles. The molecule has 1 aromatic heterocycles. The van der Waals surface area contributed by atoms with Crippen LogP contribution in [0.25, 0.3) is 0 Å². The van der Waals surface area contributed by atoms with Crippen molar-refractivity contribution in [3.05, 3.63) is 99.5 Å². The van der Waals surface area contributed by atoms with Crippen LogP contribution in [0.1, 0.15) is 33.5 Å². The van der Waals surface area contributed by atoms with Crippen molar-refractivity contribution in [2.75, 3.05) is 11.4 Å². The number of halogens is 3. The lowest BCUT2D eigenvalue weighted by atomic mass is 10.0. The number of benzene rings is 2. The highest BCUT2D eigenvalue weighted by Gasteiger charge is 2.30. The Morgan fingerprint density at radius 2 is 1.80 bits per heavy atom. The second-order valence-electron chi connectivity index (χ2n) is 7.24. The second-order valence-corrected chi connectivity index (χ2v) is 7.24. The van der Waals surface area contributed by atoms with Crippen molar-refractivity contribution in [1.82, 2.24) is 4.57 Å². The number of pyridine rings is 1. The fourth-order valence-electron chi connectivity index (χ4n) is 3.76. The summed E-state index contributed by atoms with van der Waals surface area (Å²) in [6, 6.07) is 15.4.